The van der Waals surface area contributed by atoms with Crippen LogP contribution in [-0.2, 0) is 17.8 Å². The zero-order chi connectivity index (χ0) is 19.0. The first-order valence-electron chi connectivity index (χ1n) is 9.01. The third-order valence-corrected chi connectivity index (χ3v) is 4.93. The number of benzene rings is 1. The summed E-state index contributed by atoms with van der Waals surface area (Å²) >= 11 is 0. The maximum Gasteiger partial charge on any atom is 0.242 e. The van der Waals surface area contributed by atoms with Gasteiger partial charge in [0.2, 0.25) is 5.91 Å². The van der Waals surface area contributed by atoms with E-state index in [0.29, 0.717) is 5.69 Å². The molecule has 3 aromatic rings. The van der Waals surface area contributed by atoms with Crippen LogP contribution < -0.4 is 5.32 Å². The van der Waals surface area contributed by atoms with Crippen molar-refractivity contribution < 1.29 is 9.18 Å². The molecule has 0 unspecified atom stereocenters. The molecule has 0 radical (unpaired) electrons. The monoisotopic (exact) mass is 367 g/mol. The van der Waals surface area contributed by atoms with Gasteiger partial charge in [-0.2, -0.15) is 10.2 Å². The van der Waals surface area contributed by atoms with Gasteiger partial charge in [-0.3, -0.25) is 9.48 Å². The average molecular weight is 367 g/mol. The smallest absolute Gasteiger partial charge is 0.242 e. The fourth-order valence-electron chi connectivity index (χ4n) is 3.78. The van der Waals surface area contributed by atoms with Gasteiger partial charge in [-0.1, -0.05) is 19.9 Å². The van der Waals surface area contributed by atoms with Crippen molar-refractivity contribution in [2.75, 3.05) is 0 Å². The summed E-state index contributed by atoms with van der Waals surface area (Å²) in [6.45, 7) is 4.52. The number of nitrogens with one attached hydrogen (secondary N) is 1. The van der Waals surface area contributed by atoms with E-state index in [1.54, 1.807) is 40.1 Å². The van der Waals surface area contributed by atoms with Gasteiger partial charge in [0.1, 0.15) is 12.4 Å². The number of hydrogen-bond donors (Lipinski definition) is 1. The molecule has 0 fully saturated rings. The van der Waals surface area contributed by atoms with Crippen LogP contribution in [0.2, 0.25) is 0 Å². The van der Waals surface area contributed by atoms with Crippen LogP contribution in [0.15, 0.2) is 48.9 Å². The quantitative estimate of drug-likeness (QED) is 0.771. The number of halogens is 1. The highest BCUT2D eigenvalue weighted by atomic mass is 19.1. The number of amides is 1. The van der Waals surface area contributed by atoms with Crippen LogP contribution in [0.4, 0.5) is 4.39 Å². The molecule has 1 aliphatic rings. The Hall–Kier alpha value is -2.96. The van der Waals surface area contributed by atoms with Gasteiger partial charge in [-0.05, 0) is 42.5 Å². The van der Waals surface area contributed by atoms with Crippen LogP contribution >= 0.6 is 0 Å². The van der Waals surface area contributed by atoms with E-state index in [0.717, 1.165) is 24.1 Å². The van der Waals surface area contributed by atoms with Gasteiger partial charge >= 0.3 is 0 Å². The van der Waals surface area contributed by atoms with E-state index >= 15 is 0 Å². The van der Waals surface area contributed by atoms with Crippen LogP contribution in [0.1, 0.15) is 37.6 Å². The van der Waals surface area contributed by atoms with Gasteiger partial charge in [0, 0.05) is 18.0 Å². The molecule has 4 rings (SSSR count). The number of fused-ring (bicyclic) bond motifs is 1. The first-order chi connectivity index (χ1) is 12.9. The fraction of sp³-hybridized carbons (Fsp3) is 0.350. The summed E-state index contributed by atoms with van der Waals surface area (Å²) < 4.78 is 17.0. The van der Waals surface area contributed by atoms with Gasteiger partial charge in [0.25, 0.3) is 0 Å². The molecule has 1 atom stereocenters. The van der Waals surface area contributed by atoms with Gasteiger partial charge in [-0.25, -0.2) is 9.07 Å². The number of hydrogen-bond acceptors (Lipinski definition) is 3. The summed E-state index contributed by atoms with van der Waals surface area (Å²) in [5.41, 5.74) is 2.69. The highest BCUT2D eigenvalue weighted by Crippen LogP contribution is 2.41. The van der Waals surface area contributed by atoms with Crippen molar-refractivity contribution in [1.29, 1.82) is 0 Å². The van der Waals surface area contributed by atoms with E-state index in [9.17, 15) is 9.18 Å². The Kier molecular flexibility index (Phi) is 4.30. The first kappa shape index (κ1) is 17.5. The molecule has 0 saturated heterocycles. The Morgan fingerprint density at radius 3 is 2.93 bits per heavy atom. The number of nitrogens with zero attached hydrogens (tertiary/aromatic N) is 4. The molecule has 0 spiro atoms. The third kappa shape index (κ3) is 3.63. The lowest BCUT2D eigenvalue weighted by Crippen LogP contribution is -2.38. The molecule has 140 valence electrons. The summed E-state index contributed by atoms with van der Waals surface area (Å²) in [4.78, 5) is 12.5. The number of carbonyl (C=O) groups is 1. The molecule has 7 heteroatoms. The Balaban J connectivity index is 1.63. The van der Waals surface area contributed by atoms with E-state index in [1.165, 1.54) is 12.1 Å². The second-order valence-corrected chi connectivity index (χ2v) is 7.81. The van der Waals surface area contributed by atoms with E-state index in [1.807, 2.05) is 6.07 Å². The lowest BCUT2D eigenvalue weighted by atomic mass is 9.74. The van der Waals surface area contributed by atoms with Crippen molar-refractivity contribution in [3.8, 4) is 5.69 Å². The van der Waals surface area contributed by atoms with Gasteiger partial charge in [0.05, 0.1) is 23.6 Å². The Bertz CT molecular complexity index is 961. The van der Waals surface area contributed by atoms with Crippen LogP contribution in [0, 0.1) is 11.2 Å². The highest BCUT2D eigenvalue weighted by Gasteiger charge is 2.36. The largest absolute Gasteiger partial charge is 0.348 e. The maximum absolute atomic E-state index is 13.7. The molecule has 0 saturated carbocycles. The van der Waals surface area contributed by atoms with Crippen LogP contribution in [0.5, 0.6) is 0 Å². The second-order valence-electron chi connectivity index (χ2n) is 7.81. The molecule has 2 heterocycles. The van der Waals surface area contributed by atoms with Gasteiger partial charge in [-0.15, -0.1) is 0 Å². The van der Waals surface area contributed by atoms with Crippen molar-refractivity contribution in [3.63, 3.8) is 0 Å². The second kappa shape index (κ2) is 6.64. The molecule has 1 aromatic carbocycles. The topological polar surface area (TPSA) is 64.7 Å². The van der Waals surface area contributed by atoms with Crippen LogP contribution in [-0.4, -0.2) is 25.5 Å². The Labute approximate surface area is 157 Å². The molecule has 2 aromatic heterocycles. The maximum atomic E-state index is 13.7. The Morgan fingerprint density at radius 2 is 2.19 bits per heavy atom. The lowest BCUT2D eigenvalue weighted by molar-refractivity contribution is -0.122. The normalized spacial score (nSPS) is 18.1. The van der Waals surface area contributed by atoms with Crippen molar-refractivity contribution in [2.24, 2.45) is 5.41 Å². The number of carbonyl (C=O) groups excluding carboxylic acids is 1. The van der Waals surface area contributed by atoms with Gasteiger partial charge < -0.3 is 5.32 Å². The summed E-state index contributed by atoms with van der Waals surface area (Å²) in [5.74, 6) is -0.387. The highest BCUT2D eigenvalue weighted by molar-refractivity contribution is 5.76. The van der Waals surface area contributed by atoms with Crippen molar-refractivity contribution in [1.82, 2.24) is 24.9 Å². The molecular weight excluding hydrogens is 345 g/mol. The molecule has 1 aliphatic carbocycles. The summed E-state index contributed by atoms with van der Waals surface area (Å²) in [6.07, 6.45) is 6.83. The van der Waals surface area contributed by atoms with Crippen molar-refractivity contribution in [3.05, 3.63) is 66.0 Å². The zero-order valence-corrected chi connectivity index (χ0v) is 15.4. The number of rotatable bonds is 4. The molecule has 6 nitrogen and oxygen atoms in total. The molecule has 0 aliphatic heterocycles. The summed E-state index contributed by atoms with van der Waals surface area (Å²) in [7, 11) is 0. The minimum absolute atomic E-state index is 0.0121. The molecular formula is C20H22FN5O. The lowest BCUT2D eigenvalue weighted by Gasteiger charge is -2.36. The summed E-state index contributed by atoms with van der Waals surface area (Å²) in [5, 5.41) is 11.7. The average Bonchev–Trinajstić information content (AvgIpc) is 3.23. The van der Waals surface area contributed by atoms with E-state index < -0.39 is 0 Å². The summed E-state index contributed by atoms with van der Waals surface area (Å²) in [6, 6.07) is 8.06. The van der Waals surface area contributed by atoms with Crippen LogP contribution in [0.3, 0.4) is 0 Å². The molecule has 0 bridgehead atoms. The van der Waals surface area contributed by atoms with E-state index in [-0.39, 0.29) is 29.7 Å². The van der Waals surface area contributed by atoms with Crippen LogP contribution in [0.25, 0.3) is 5.69 Å². The Morgan fingerprint density at radius 1 is 1.33 bits per heavy atom. The number of aromatic nitrogens is 4. The van der Waals surface area contributed by atoms with E-state index in [4.69, 9.17) is 0 Å². The van der Waals surface area contributed by atoms with Gasteiger partial charge in [0.15, 0.2) is 0 Å². The fourth-order valence-corrected chi connectivity index (χ4v) is 3.78. The minimum atomic E-state index is -0.295. The van der Waals surface area contributed by atoms with E-state index in [2.05, 4.69) is 29.4 Å². The van der Waals surface area contributed by atoms with Crippen molar-refractivity contribution in [2.45, 2.75) is 39.3 Å². The molecule has 1 amide bonds. The molecule has 1 N–H and O–H groups in total. The zero-order valence-electron chi connectivity index (χ0n) is 15.4. The first-order valence-corrected chi connectivity index (χ1v) is 9.01. The predicted molar refractivity (Wildman–Crippen MR) is 98.7 cm³/mol. The third-order valence-electron chi connectivity index (χ3n) is 4.93. The standard InChI is InChI=1S/C20H22FN5O/c1-20(2)10-17(24-19(27)13-25-8-4-7-22-25)16-12-23-26(18(16)11-20)15-6-3-5-14(21)9-15/h3-9,12,17H,10-11,13H2,1-2H3,(H,24,27)/t17-/m0/s1. The minimum Gasteiger partial charge on any atom is -0.348 e. The predicted octanol–water partition coefficient (Wildman–Crippen LogP) is 3.04. The van der Waals surface area contributed by atoms with Crippen molar-refractivity contribution >= 4 is 5.91 Å². The molecule has 27 heavy (non-hydrogen) atoms. The SMILES string of the molecule is CC1(C)Cc2c(cnn2-c2cccc(F)c2)[C@@H](NC(=O)Cn2cccn2)C1.